The lowest BCUT2D eigenvalue weighted by molar-refractivity contribution is -0.144. The van der Waals surface area contributed by atoms with Gasteiger partial charge in [-0.3, -0.25) is 14.4 Å². The summed E-state index contributed by atoms with van der Waals surface area (Å²) in [6, 6.07) is 3.82. The normalized spacial score (nSPS) is 21.7. The Morgan fingerprint density at radius 1 is 1.11 bits per heavy atom. The van der Waals surface area contributed by atoms with E-state index in [9.17, 15) is 41.0 Å². The van der Waals surface area contributed by atoms with Gasteiger partial charge in [-0.05, 0) is 44.4 Å². The van der Waals surface area contributed by atoms with Crippen LogP contribution in [0.4, 0.5) is 17.6 Å². The van der Waals surface area contributed by atoms with Gasteiger partial charge in [0.1, 0.15) is 6.17 Å². The number of hydrogen-bond donors (Lipinski definition) is 2. The summed E-state index contributed by atoms with van der Waals surface area (Å²) in [5.74, 6) is -0.986. The van der Waals surface area contributed by atoms with Gasteiger partial charge in [0.2, 0.25) is 10.0 Å². The molecule has 10 nitrogen and oxygen atoms in total. The van der Waals surface area contributed by atoms with Gasteiger partial charge < -0.3 is 15.1 Å². The lowest BCUT2D eigenvalue weighted by atomic mass is 9.98. The van der Waals surface area contributed by atoms with E-state index < -0.39 is 45.9 Å². The summed E-state index contributed by atoms with van der Waals surface area (Å²) in [5.41, 5.74) is 1.29. The first-order valence-corrected chi connectivity index (χ1v) is 18.4. The zero-order valence-electron chi connectivity index (χ0n) is 25.8. The van der Waals surface area contributed by atoms with Crippen LogP contribution in [0.2, 0.25) is 0 Å². The van der Waals surface area contributed by atoms with E-state index >= 15 is 0 Å². The molecule has 2 aromatic rings. The van der Waals surface area contributed by atoms with Crippen LogP contribution in [-0.4, -0.2) is 119 Å². The number of rotatable bonds is 11. The molecule has 0 unspecified atom stereocenters. The number of thioether (sulfide) groups is 1. The van der Waals surface area contributed by atoms with Gasteiger partial charge in [0, 0.05) is 79.7 Å². The molecule has 2 atom stereocenters. The largest absolute Gasteiger partial charge is 0.481 e. The predicted octanol–water partition coefficient (Wildman–Crippen LogP) is 3.57. The molecule has 2 N–H and O–H groups in total. The second-order valence-corrected chi connectivity index (χ2v) is 15.6. The summed E-state index contributed by atoms with van der Waals surface area (Å²) in [7, 11) is -3.56. The Morgan fingerprint density at radius 3 is 2.52 bits per heavy atom. The Morgan fingerprint density at radius 2 is 1.85 bits per heavy atom. The van der Waals surface area contributed by atoms with E-state index in [-0.39, 0.29) is 31.1 Å². The smallest absolute Gasteiger partial charge is 0.417 e. The number of aromatic nitrogens is 2. The molecule has 0 saturated carbocycles. The molecule has 256 valence electrons. The Bertz CT molecular complexity index is 1500. The first-order chi connectivity index (χ1) is 21.7. The van der Waals surface area contributed by atoms with Crippen LogP contribution in [0.1, 0.15) is 42.5 Å². The molecular weight excluding hydrogens is 650 g/mol. The number of sulfonamides is 1. The summed E-state index contributed by atoms with van der Waals surface area (Å²) in [4.78, 5) is 15.5. The molecule has 46 heavy (non-hydrogen) atoms. The quantitative estimate of drug-likeness (QED) is 0.269. The first kappa shape index (κ1) is 35.1. The van der Waals surface area contributed by atoms with Gasteiger partial charge in [-0.1, -0.05) is 6.07 Å². The van der Waals surface area contributed by atoms with Crippen molar-refractivity contribution in [1.82, 2.24) is 23.9 Å². The Labute approximate surface area is 270 Å². The lowest BCUT2D eigenvalue weighted by Crippen LogP contribution is -2.43. The van der Waals surface area contributed by atoms with Crippen molar-refractivity contribution in [2.24, 2.45) is 5.92 Å². The predicted molar refractivity (Wildman–Crippen MR) is 166 cm³/mol. The third kappa shape index (κ3) is 8.61. The lowest BCUT2D eigenvalue weighted by Gasteiger charge is -2.32. The van der Waals surface area contributed by atoms with Crippen molar-refractivity contribution in [2.75, 3.05) is 57.8 Å². The fraction of sp³-hybridized carbons (Fsp3) is 0.667. The molecule has 0 radical (unpaired) electrons. The summed E-state index contributed by atoms with van der Waals surface area (Å²) in [6.07, 6.45) is -2.78. The number of carboxylic acid groups (broad SMARTS) is 1. The number of benzene rings is 1. The molecule has 1 aromatic carbocycles. The standard InChI is InChI=1S/C30H41F4N5O5S2/c1-46(43,44)38-12-8-26-24(19-38)28(35-39(26)18-23(40)17-37-9-2-3-21(16-37)29(41)42)20-4-5-25(30(32,33)34)27(15-20)45-14-13-36-10-6-22(31)7-11-36/h4-5,15,21-23,40H,2-3,6-14,16-19H2,1H3,(H,41,42)/t21-,23+/m1/s1. The van der Waals surface area contributed by atoms with Gasteiger partial charge in [0.25, 0.3) is 0 Å². The third-order valence-electron chi connectivity index (χ3n) is 9.02. The minimum absolute atomic E-state index is 0.0000355. The van der Waals surface area contributed by atoms with Gasteiger partial charge in [-0.2, -0.15) is 22.6 Å². The number of halogens is 4. The molecule has 3 aliphatic heterocycles. The highest BCUT2D eigenvalue weighted by Gasteiger charge is 2.35. The van der Waals surface area contributed by atoms with E-state index in [0.717, 1.165) is 24.1 Å². The Hall–Kier alpha value is -2.24. The van der Waals surface area contributed by atoms with Crippen LogP contribution >= 0.6 is 11.8 Å². The number of hydrogen-bond acceptors (Lipinski definition) is 8. The number of likely N-dealkylation sites (tertiary alicyclic amines) is 2. The number of carboxylic acids is 1. The van der Waals surface area contributed by atoms with Crippen LogP contribution in [0.15, 0.2) is 23.1 Å². The third-order valence-corrected chi connectivity index (χ3v) is 11.3. The number of nitrogens with zero attached hydrogens (tertiary/aromatic N) is 5. The number of carbonyl (C=O) groups is 1. The van der Waals surface area contributed by atoms with E-state index in [1.165, 1.54) is 16.4 Å². The van der Waals surface area contributed by atoms with Crippen LogP contribution in [0.25, 0.3) is 11.3 Å². The highest BCUT2D eigenvalue weighted by molar-refractivity contribution is 7.99. The number of β-amino-alcohol motifs (C(OH)–C–C–N with tert-alkyl or cyclic N) is 1. The van der Waals surface area contributed by atoms with Crippen LogP contribution in [0.3, 0.4) is 0 Å². The maximum Gasteiger partial charge on any atom is 0.417 e. The fourth-order valence-electron chi connectivity index (χ4n) is 6.54. The van der Waals surface area contributed by atoms with Gasteiger partial charge >= 0.3 is 12.1 Å². The second kappa shape index (κ2) is 14.5. The van der Waals surface area contributed by atoms with Gasteiger partial charge in [-0.15, -0.1) is 11.8 Å². The molecule has 5 rings (SSSR count). The second-order valence-electron chi connectivity index (χ2n) is 12.5. The number of aliphatic hydroxyl groups is 1. The van der Waals surface area contributed by atoms with Crippen molar-refractivity contribution in [3.63, 3.8) is 0 Å². The van der Waals surface area contributed by atoms with Crippen LogP contribution in [0, 0.1) is 5.92 Å². The van der Waals surface area contributed by atoms with Crippen molar-refractivity contribution in [1.29, 1.82) is 0 Å². The topological polar surface area (TPSA) is 119 Å². The molecule has 0 amide bonds. The minimum Gasteiger partial charge on any atom is -0.481 e. The monoisotopic (exact) mass is 691 g/mol. The summed E-state index contributed by atoms with van der Waals surface area (Å²) >= 11 is 1.07. The first-order valence-electron chi connectivity index (χ1n) is 15.6. The molecule has 0 bridgehead atoms. The van der Waals surface area contributed by atoms with E-state index in [4.69, 9.17) is 5.10 Å². The SMILES string of the molecule is CS(=O)(=O)N1CCc2c(c(-c3ccc(C(F)(F)F)c(SCCN4CCC(F)CC4)c3)nn2C[C@@H](O)CN2CCC[C@@H](C(=O)O)C2)C1. The zero-order chi connectivity index (χ0) is 33.2. The number of fused-ring (bicyclic) bond motifs is 1. The fourth-order valence-corrected chi connectivity index (χ4v) is 8.45. The molecule has 0 aliphatic carbocycles. The van der Waals surface area contributed by atoms with E-state index in [2.05, 4.69) is 4.90 Å². The average molecular weight is 692 g/mol. The Balaban J connectivity index is 1.41. The van der Waals surface area contributed by atoms with E-state index in [1.54, 1.807) is 4.68 Å². The number of piperidine rings is 2. The summed E-state index contributed by atoms with van der Waals surface area (Å²) in [6.45, 7) is 3.14. The molecule has 2 saturated heterocycles. The summed E-state index contributed by atoms with van der Waals surface area (Å²) < 4.78 is 83.5. The van der Waals surface area contributed by atoms with Crippen molar-refractivity contribution >= 4 is 27.8 Å². The number of aliphatic hydroxyl groups excluding tert-OH is 1. The molecule has 0 spiro atoms. The average Bonchev–Trinajstić information content (AvgIpc) is 3.34. The highest BCUT2D eigenvalue weighted by atomic mass is 32.2. The van der Waals surface area contributed by atoms with Crippen LogP contribution in [0.5, 0.6) is 0 Å². The van der Waals surface area contributed by atoms with Crippen molar-refractivity contribution in [3.8, 4) is 11.3 Å². The number of aliphatic carboxylic acids is 1. The maximum absolute atomic E-state index is 14.0. The maximum atomic E-state index is 14.0. The summed E-state index contributed by atoms with van der Waals surface area (Å²) in [5, 5.41) is 25.2. The van der Waals surface area contributed by atoms with Crippen LogP contribution in [-0.2, 0) is 40.5 Å². The van der Waals surface area contributed by atoms with Gasteiger partial charge in [0.15, 0.2) is 0 Å². The molecule has 2 fully saturated rings. The molecule has 16 heteroatoms. The molecule has 1 aromatic heterocycles. The highest BCUT2D eigenvalue weighted by Crippen LogP contribution is 2.40. The molecular formula is C30H41F4N5O5S2. The number of alkyl halides is 4. The molecule has 4 heterocycles. The minimum atomic E-state index is -4.59. The van der Waals surface area contributed by atoms with Crippen LogP contribution < -0.4 is 0 Å². The van der Waals surface area contributed by atoms with Gasteiger partial charge in [-0.25, -0.2) is 12.8 Å². The van der Waals surface area contributed by atoms with Crippen molar-refractivity contribution in [3.05, 3.63) is 35.0 Å². The Kier molecular flexibility index (Phi) is 11.0. The van der Waals surface area contributed by atoms with E-state index in [0.29, 0.717) is 93.1 Å². The van der Waals surface area contributed by atoms with Crippen molar-refractivity contribution < 1.29 is 41.0 Å². The zero-order valence-corrected chi connectivity index (χ0v) is 27.4. The van der Waals surface area contributed by atoms with Crippen molar-refractivity contribution in [2.45, 2.75) is 68.5 Å². The van der Waals surface area contributed by atoms with E-state index in [1.807, 2.05) is 4.90 Å². The molecule has 3 aliphatic rings. The van der Waals surface area contributed by atoms with Gasteiger partial charge in [0.05, 0.1) is 36.1 Å².